The lowest BCUT2D eigenvalue weighted by Crippen LogP contribution is -1.89. The van der Waals surface area contributed by atoms with E-state index in [9.17, 15) is 0 Å². The second kappa shape index (κ2) is 5.28. The van der Waals surface area contributed by atoms with Gasteiger partial charge in [0.05, 0.1) is 0 Å². The highest BCUT2D eigenvalue weighted by Crippen LogP contribution is 2.32. The van der Waals surface area contributed by atoms with Gasteiger partial charge in [0.25, 0.3) is 0 Å². The predicted molar refractivity (Wildman–Crippen MR) is 95.0 cm³/mol. The molecule has 2 aliphatic carbocycles. The molecule has 0 fully saturated rings. The maximum atomic E-state index is 2.41. The van der Waals surface area contributed by atoms with E-state index < -0.39 is 0 Å². The summed E-state index contributed by atoms with van der Waals surface area (Å²) in [6.45, 7) is 4.35. The van der Waals surface area contributed by atoms with Gasteiger partial charge < -0.3 is 0 Å². The molecule has 0 N–H and O–H groups in total. The Bertz CT molecular complexity index is 733. The van der Waals surface area contributed by atoms with E-state index in [1.54, 1.807) is 11.1 Å². The van der Waals surface area contributed by atoms with E-state index in [0.29, 0.717) is 0 Å². The Morgan fingerprint density at radius 2 is 1.14 bits per heavy atom. The molecule has 0 atom stereocenters. The van der Waals surface area contributed by atoms with Gasteiger partial charge in [-0.2, -0.15) is 0 Å². The summed E-state index contributed by atoms with van der Waals surface area (Å²) in [6.07, 6.45) is 9.52. The minimum Gasteiger partial charge on any atom is -0.0649 e. The van der Waals surface area contributed by atoms with E-state index >= 15 is 0 Å². The van der Waals surface area contributed by atoms with Crippen molar-refractivity contribution in [2.24, 2.45) is 0 Å². The van der Waals surface area contributed by atoms with Crippen LogP contribution >= 0.6 is 0 Å². The summed E-state index contributed by atoms with van der Waals surface area (Å²) >= 11 is 0. The van der Waals surface area contributed by atoms with Crippen molar-refractivity contribution in [3.63, 3.8) is 0 Å². The maximum absolute atomic E-state index is 2.41. The van der Waals surface area contributed by atoms with Crippen molar-refractivity contribution in [1.29, 1.82) is 0 Å². The SMILES string of the molecule is Cc1ccc2c(c1)C=C(CCC1=Cc3cc(C)ccc3C1)C2. The van der Waals surface area contributed by atoms with Crippen LogP contribution < -0.4 is 0 Å². The molecule has 4 rings (SSSR count). The van der Waals surface area contributed by atoms with Gasteiger partial charge in [-0.25, -0.2) is 0 Å². The molecule has 2 aromatic carbocycles. The average Bonchev–Trinajstić information content (AvgIpc) is 3.07. The molecule has 0 heterocycles. The molecule has 0 aliphatic heterocycles. The van der Waals surface area contributed by atoms with Crippen molar-refractivity contribution in [1.82, 2.24) is 0 Å². The molecule has 2 aromatic rings. The molecule has 2 aliphatic rings. The fourth-order valence-corrected chi connectivity index (χ4v) is 3.69. The first-order valence-electron chi connectivity index (χ1n) is 8.25. The molecule has 0 bridgehead atoms. The molecule has 0 saturated carbocycles. The van der Waals surface area contributed by atoms with E-state index in [1.165, 1.54) is 46.2 Å². The van der Waals surface area contributed by atoms with Gasteiger partial charge in [-0.05, 0) is 61.8 Å². The lowest BCUT2D eigenvalue weighted by atomic mass is 10.0. The first kappa shape index (κ1) is 13.6. The fraction of sp³-hybridized carbons (Fsp3) is 0.273. The van der Waals surface area contributed by atoms with Crippen molar-refractivity contribution >= 4 is 12.2 Å². The number of rotatable bonds is 3. The summed E-state index contributed by atoms with van der Waals surface area (Å²) in [4.78, 5) is 0. The zero-order valence-electron chi connectivity index (χ0n) is 13.4. The number of hydrogen-bond acceptors (Lipinski definition) is 0. The highest BCUT2D eigenvalue weighted by atomic mass is 14.2. The summed E-state index contributed by atoms with van der Waals surface area (Å²) in [5.74, 6) is 0. The van der Waals surface area contributed by atoms with Crippen LogP contribution in [0.1, 0.15) is 46.2 Å². The molecular weight excluding hydrogens is 264 g/mol. The van der Waals surface area contributed by atoms with Crippen LogP contribution in [0.2, 0.25) is 0 Å². The van der Waals surface area contributed by atoms with E-state index in [0.717, 1.165) is 12.8 Å². The summed E-state index contributed by atoms with van der Waals surface area (Å²) in [5.41, 5.74) is 11.8. The summed E-state index contributed by atoms with van der Waals surface area (Å²) in [5, 5.41) is 0. The summed E-state index contributed by atoms with van der Waals surface area (Å²) in [7, 11) is 0. The van der Waals surface area contributed by atoms with Gasteiger partial charge in [0.15, 0.2) is 0 Å². The van der Waals surface area contributed by atoms with Crippen LogP contribution in [0, 0.1) is 13.8 Å². The van der Waals surface area contributed by atoms with Gasteiger partial charge in [0.2, 0.25) is 0 Å². The third-order valence-corrected chi connectivity index (χ3v) is 4.92. The van der Waals surface area contributed by atoms with Crippen molar-refractivity contribution in [2.75, 3.05) is 0 Å². The Kier molecular flexibility index (Phi) is 3.26. The van der Waals surface area contributed by atoms with Gasteiger partial charge in [-0.15, -0.1) is 0 Å². The third-order valence-electron chi connectivity index (χ3n) is 4.92. The van der Waals surface area contributed by atoms with E-state index in [-0.39, 0.29) is 0 Å². The number of allylic oxidation sites excluding steroid dienone is 2. The highest BCUT2D eigenvalue weighted by Gasteiger charge is 2.16. The zero-order chi connectivity index (χ0) is 15.1. The number of fused-ring (bicyclic) bond motifs is 2. The van der Waals surface area contributed by atoms with Gasteiger partial charge in [-0.1, -0.05) is 70.8 Å². The van der Waals surface area contributed by atoms with Gasteiger partial charge in [0.1, 0.15) is 0 Å². The molecule has 0 heteroatoms. The Morgan fingerprint density at radius 3 is 1.59 bits per heavy atom. The van der Waals surface area contributed by atoms with Gasteiger partial charge in [0, 0.05) is 0 Å². The second-order valence-electron chi connectivity index (χ2n) is 6.86. The Labute approximate surface area is 133 Å². The van der Waals surface area contributed by atoms with E-state index in [2.05, 4.69) is 62.4 Å². The fourth-order valence-electron chi connectivity index (χ4n) is 3.69. The van der Waals surface area contributed by atoms with Crippen molar-refractivity contribution in [3.05, 3.63) is 80.9 Å². The molecule has 0 aromatic heterocycles. The van der Waals surface area contributed by atoms with Crippen LogP contribution in [0.25, 0.3) is 12.2 Å². The molecule has 110 valence electrons. The van der Waals surface area contributed by atoms with E-state index in [1.807, 2.05) is 0 Å². The quantitative estimate of drug-likeness (QED) is 0.682. The Balaban J connectivity index is 1.43. The summed E-state index contributed by atoms with van der Waals surface area (Å²) < 4.78 is 0. The largest absolute Gasteiger partial charge is 0.0649 e. The van der Waals surface area contributed by atoms with Crippen molar-refractivity contribution < 1.29 is 0 Å². The second-order valence-corrected chi connectivity index (χ2v) is 6.86. The Hall–Kier alpha value is -2.08. The molecule has 0 amide bonds. The van der Waals surface area contributed by atoms with Gasteiger partial charge in [-0.3, -0.25) is 0 Å². The van der Waals surface area contributed by atoms with Crippen molar-refractivity contribution in [2.45, 2.75) is 39.5 Å². The number of benzene rings is 2. The standard InChI is InChI=1S/C22H22/c1-15-3-7-19-11-17(13-21(19)9-15)5-6-18-12-20-8-4-16(2)10-22(20)14-18/h3-4,7-10,13-14H,5-6,11-12H2,1-2H3. The minimum atomic E-state index is 1.15. The van der Waals surface area contributed by atoms with Crippen LogP contribution in [0.5, 0.6) is 0 Å². The van der Waals surface area contributed by atoms with Gasteiger partial charge >= 0.3 is 0 Å². The minimum absolute atomic E-state index is 1.15. The predicted octanol–water partition coefficient (Wildman–Crippen LogP) is 5.66. The van der Waals surface area contributed by atoms with Crippen molar-refractivity contribution in [3.8, 4) is 0 Å². The lowest BCUT2D eigenvalue weighted by molar-refractivity contribution is 0.887. The third kappa shape index (κ3) is 2.54. The van der Waals surface area contributed by atoms with Crippen LogP contribution in [0.4, 0.5) is 0 Å². The highest BCUT2D eigenvalue weighted by molar-refractivity contribution is 5.66. The first-order valence-corrected chi connectivity index (χ1v) is 8.25. The lowest BCUT2D eigenvalue weighted by Gasteiger charge is -2.04. The molecule has 0 saturated heterocycles. The van der Waals surface area contributed by atoms with Crippen LogP contribution in [0.3, 0.4) is 0 Å². The smallest absolute Gasteiger partial charge is 0.00577 e. The van der Waals surface area contributed by atoms with Crippen LogP contribution in [0.15, 0.2) is 47.5 Å². The normalized spacial score (nSPS) is 15.4. The Morgan fingerprint density at radius 1 is 0.682 bits per heavy atom. The molecule has 0 radical (unpaired) electrons. The van der Waals surface area contributed by atoms with Crippen LogP contribution in [-0.4, -0.2) is 0 Å². The molecular formula is C22H22. The average molecular weight is 286 g/mol. The maximum Gasteiger partial charge on any atom is -0.00577 e. The monoisotopic (exact) mass is 286 g/mol. The van der Waals surface area contributed by atoms with E-state index in [4.69, 9.17) is 0 Å². The summed E-state index contributed by atoms with van der Waals surface area (Å²) in [6, 6.07) is 13.7. The zero-order valence-corrected chi connectivity index (χ0v) is 13.4. The number of aryl methyl sites for hydroxylation is 2. The first-order chi connectivity index (χ1) is 10.7. The number of hydrogen-bond donors (Lipinski definition) is 0. The molecule has 0 spiro atoms. The molecule has 0 unspecified atom stereocenters. The topological polar surface area (TPSA) is 0 Å². The molecule has 22 heavy (non-hydrogen) atoms. The molecule has 0 nitrogen and oxygen atoms in total. The van der Waals surface area contributed by atoms with Crippen LogP contribution in [-0.2, 0) is 12.8 Å².